The third-order valence-corrected chi connectivity index (χ3v) is 4.93. The first kappa shape index (κ1) is 13.7. The molecule has 1 saturated heterocycles. The molecule has 1 atom stereocenters. The van der Waals surface area contributed by atoms with Gasteiger partial charge in [0.2, 0.25) is 0 Å². The van der Waals surface area contributed by atoms with Gasteiger partial charge in [0.25, 0.3) is 0 Å². The number of aromatic nitrogens is 2. The highest BCUT2D eigenvalue weighted by Gasteiger charge is 2.16. The smallest absolute Gasteiger partial charge is 0.0991 e. The molecule has 1 aliphatic rings. The highest BCUT2D eigenvalue weighted by atomic mass is 32.2. The van der Waals surface area contributed by atoms with E-state index in [9.17, 15) is 0 Å². The molecular weight excluding hydrogens is 266 g/mol. The van der Waals surface area contributed by atoms with Gasteiger partial charge in [-0.15, -0.1) is 0 Å². The summed E-state index contributed by atoms with van der Waals surface area (Å²) in [5, 5.41) is 3.77. The van der Waals surface area contributed by atoms with Gasteiger partial charge in [-0.25, -0.2) is 4.98 Å². The van der Waals surface area contributed by atoms with E-state index in [0.717, 1.165) is 0 Å². The number of nitrogens with one attached hydrogen (secondary N) is 1. The van der Waals surface area contributed by atoms with Crippen LogP contribution < -0.4 is 5.32 Å². The molecule has 1 aliphatic heterocycles. The summed E-state index contributed by atoms with van der Waals surface area (Å²) in [5.41, 5.74) is 2.52. The summed E-state index contributed by atoms with van der Waals surface area (Å²) in [5.74, 6) is 2.58. The molecule has 4 heteroatoms. The summed E-state index contributed by atoms with van der Waals surface area (Å²) in [4.78, 5) is 4.11. The Bertz CT molecular complexity index is 532. The van der Waals surface area contributed by atoms with Crippen LogP contribution in [-0.4, -0.2) is 27.1 Å². The average Bonchev–Trinajstić information content (AvgIpc) is 3.03. The lowest BCUT2D eigenvalue weighted by Gasteiger charge is -2.26. The molecule has 2 aromatic rings. The Hall–Kier alpha value is -1.26. The quantitative estimate of drug-likeness (QED) is 0.934. The third-order valence-electron chi connectivity index (χ3n) is 3.88. The minimum absolute atomic E-state index is 0.395. The van der Waals surface area contributed by atoms with Crippen molar-refractivity contribution in [3.05, 3.63) is 48.5 Å². The molecule has 20 heavy (non-hydrogen) atoms. The van der Waals surface area contributed by atoms with Crippen LogP contribution in [0.5, 0.6) is 0 Å². The Labute approximate surface area is 124 Å². The Morgan fingerprint density at radius 3 is 2.95 bits per heavy atom. The molecule has 0 bridgehead atoms. The van der Waals surface area contributed by atoms with Crippen molar-refractivity contribution in [2.45, 2.75) is 31.8 Å². The second-order valence-electron chi connectivity index (χ2n) is 5.34. The third kappa shape index (κ3) is 3.25. The maximum atomic E-state index is 4.11. The van der Waals surface area contributed by atoms with Gasteiger partial charge < -0.3 is 9.88 Å². The lowest BCUT2D eigenvalue weighted by Crippen LogP contribution is -2.34. The highest BCUT2D eigenvalue weighted by Crippen LogP contribution is 2.22. The van der Waals surface area contributed by atoms with Crippen molar-refractivity contribution in [2.24, 2.45) is 0 Å². The monoisotopic (exact) mass is 287 g/mol. The zero-order valence-electron chi connectivity index (χ0n) is 11.8. The van der Waals surface area contributed by atoms with Crippen LogP contribution in [0.1, 0.15) is 31.4 Å². The zero-order chi connectivity index (χ0) is 13.8. The van der Waals surface area contributed by atoms with Crippen molar-refractivity contribution in [3.63, 3.8) is 0 Å². The maximum absolute atomic E-state index is 4.11. The predicted octanol–water partition coefficient (Wildman–Crippen LogP) is 3.42. The van der Waals surface area contributed by atoms with E-state index in [1.807, 2.05) is 23.3 Å². The molecule has 0 spiro atoms. The van der Waals surface area contributed by atoms with Crippen molar-refractivity contribution in [1.82, 2.24) is 14.9 Å². The molecule has 0 unspecified atom stereocenters. The van der Waals surface area contributed by atoms with E-state index in [-0.39, 0.29) is 0 Å². The van der Waals surface area contributed by atoms with E-state index < -0.39 is 0 Å². The molecule has 106 valence electrons. The fourth-order valence-electron chi connectivity index (χ4n) is 2.68. The van der Waals surface area contributed by atoms with Gasteiger partial charge in [0.15, 0.2) is 0 Å². The fourth-order valence-corrected chi connectivity index (χ4v) is 3.79. The summed E-state index contributed by atoms with van der Waals surface area (Å²) in [6.07, 6.45) is 8.21. The van der Waals surface area contributed by atoms with Gasteiger partial charge in [0, 0.05) is 30.2 Å². The van der Waals surface area contributed by atoms with Gasteiger partial charge in [0.05, 0.1) is 6.33 Å². The van der Waals surface area contributed by atoms with Crippen LogP contribution in [0.3, 0.4) is 0 Å². The van der Waals surface area contributed by atoms with Crippen LogP contribution in [0.2, 0.25) is 0 Å². The normalized spacial score (nSPS) is 18.1. The molecule has 1 aromatic carbocycles. The van der Waals surface area contributed by atoms with E-state index in [0.29, 0.717) is 12.1 Å². The molecule has 0 amide bonds. The minimum atomic E-state index is 0.395. The van der Waals surface area contributed by atoms with E-state index in [1.165, 1.54) is 35.6 Å². The number of nitrogens with zero attached hydrogens (tertiary/aromatic N) is 2. The second kappa shape index (κ2) is 6.46. The van der Waals surface area contributed by atoms with Crippen molar-refractivity contribution < 1.29 is 0 Å². The van der Waals surface area contributed by atoms with Crippen LogP contribution >= 0.6 is 11.8 Å². The van der Waals surface area contributed by atoms with Crippen LogP contribution in [0.15, 0.2) is 43.0 Å². The van der Waals surface area contributed by atoms with Gasteiger partial charge in [-0.2, -0.15) is 11.8 Å². The van der Waals surface area contributed by atoms with Gasteiger partial charge in [-0.3, -0.25) is 0 Å². The summed E-state index contributed by atoms with van der Waals surface area (Å²) in [7, 11) is 0. The van der Waals surface area contributed by atoms with E-state index in [4.69, 9.17) is 0 Å². The molecule has 3 rings (SSSR count). The molecule has 1 fully saturated rings. The molecule has 0 aliphatic carbocycles. The number of thioether (sulfide) groups is 1. The van der Waals surface area contributed by atoms with Gasteiger partial charge in [-0.1, -0.05) is 12.1 Å². The fraction of sp³-hybridized carbons (Fsp3) is 0.438. The summed E-state index contributed by atoms with van der Waals surface area (Å²) in [6.45, 7) is 2.26. The number of hydrogen-bond acceptors (Lipinski definition) is 3. The molecule has 1 aromatic heterocycles. The molecule has 2 heterocycles. The van der Waals surface area contributed by atoms with E-state index >= 15 is 0 Å². The first-order chi connectivity index (χ1) is 9.83. The standard InChI is InChI=1S/C16H21N3S/c1-13(18-15-5-9-20-10-6-15)14-3-2-4-16(11-14)19-8-7-17-12-19/h2-4,7-8,11-13,15,18H,5-6,9-10H2,1H3/t13-/m1/s1. The Balaban J connectivity index is 1.71. The van der Waals surface area contributed by atoms with E-state index in [2.05, 4.69) is 53.3 Å². The van der Waals surface area contributed by atoms with Crippen LogP contribution in [0, 0.1) is 0 Å². The molecule has 1 N–H and O–H groups in total. The number of hydrogen-bond donors (Lipinski definition) is 1. The van der Waals surface area contributed by atoms with Crippen molar-refractivity contribution in [2.75, 3.05) is 11.5 Å². The summed E-state index contributed by atoms with van der Waals surface area (Å²) < 4.78 is 2.05. The number of rotatable bonds is 4. The van der Waals surface area contributed by atoms with Crippen LogP contribution in [0.4, 0.5) is 0 Å². The SMILES string of the molecule is C[C@@H](NC1CCSCC1)c1cccc(-n2ccnc2)c1. The number of imidazole rings is 1. The van der Waals surface area contributed by atoms with Gasteiger partial charge in [0.1, 0.15) is 0 Å². The van der Waals surface area contributed by atoms with Gasteiger partial charge >= 0.3 is 0 Å². The van der Waals surface area contributed by atoms with Crippen molar-refractivity contribution >= 4 is 11.8 Å². The minimum Gasteiger partial charge on any atom is -0.307 e. The first-order valence-electron chi connectivity index (χ1n) is 7.25. The molecular formula is C16H21N3S. The highest BCUT2D eigenvalue weighted by molar-refractivity contribution is 7.99. The molecule has 0 saturated carbocycles. The summed E-state index contributed by atoms with van der Waals surface area (Å²) >= 11 is 2.07. The topological polar surface area (TPSA) is 29.9 Å². The van der Waals surface area contributed by atoms with Crippen molar-refractivity contribution in [1.29, 1.82) is 0 Å². The number of benzene rings is 1. The Morgan fingerprint density at radius 1 is 1.35 bits per heavy atom. The average molecular weight is 287 g/mol. The molecule has 0 radical (unpaired) electrons. The molecule has 3 nitrogen and oxygen atoms in total. The zero-order valence-corrected chi connectivity index (χ0v) is 12.6. The maximum Gasteiger partial charge on any atom is 0.0991 e. The lowest BCUT2D eigenvalue weighted by atomic mass is 10.0. The predicted molar refractivity (Wildman–Crippen MR) is 85.5 cm³/mol. The Kier molecular flexibility index (Phi) is 4.43. The second-order valence-corrected chi connectivity index (χ2v) is 6.56. The van der Waals surface area contributed by atoms with Crippen molar-refractivity contribution in [3.8, 4) is 5.69 Å². The van der Waals surface area contributed by atoms with Crippen LogP contribution in [0.25, 0.3) is 5.69 Å². The Morgan fingerprint density at radius 2 is 2.20 bits per heavy atom. The lowest BCUT2D eigenvalue weighted by molar-refractivity contribution is 0.431. The van der Waals surface area contributed by atoms with Gasteiger partial charge in [-0.05, 0) is 49.0 Å². The largest absolute Gasteiger partial charge is 0.307 e. The van der Waals surface area contributed by atoms with Crippen LogP contribution in [-0.2, 0) is 0 Å². The summed E-state index contributed by atoms with van der Waals surface area (Å²) in [6, 6.07) is 9.76. The van der Waals surface area contributed by atoms with E-state index in [1.54, 1.807) is 0 Å². The first-order valence-corrected chi connectivity index (χ1v) is 8.40.